The number of rotatable bonds is 7. The third-order valence-electron chi connectivity index (χ3n) is 4.27. The Kier molecular flexibility index (Phi) is 6.49. The topological polar surface area (TPSA) is 88.3 Å². The second kappa shape index (κ2) is 9.05. The molecule has 0 aliphatic carbocycles. The van der Waals surface area contributed by atoms with Crippen molar-refractivity contribution in [1.82, 2.24) is 4.98 Å². The van der Waals surface area contributed by atoms with Crippen LogP contribution in [0.1, 0.15) is 41.1 Å². The van der Waals surface area contributed by atoms with E-state index in [9.17, 15) is 14.4 Å². The summed E-state index contributed by atoms with van der Waals surface area (Å²) in [7, 11) is 0. The van der Waals surface area contributed by atoms with Gasteiger partial charge in [-0.15, -0.1) is 0 Å². The van der Waals surface area contributed by atoms with Crippen LogP contribution in [-0.2, 0) is 9.53 Å². The average molecular weight is 457 g/mol. The van der Waals surface area contributed by atoms with Crippen molar-refractivity contribution < 1.29 is 19.1 Å². The van der Waals surface area contributed by atoms with E-state index in [0.717, 1.165) is 10.9 Å². The normalized spacial score (nSPS) is 10.9. The summed E-state index contributed by atoms with van der Waals surface area (Å²) in [5, 5.41) is 3.65. The van der Waals surface area contributed by atoms with E-state index in [1.807, 2.05) is 38.1 Å². The summed E-state index contributed by atoms with van der Waals surface area (Å²) in [6, 6.07) is 14.0. The number of esters is 1. The maximum absolute atomic E-state index is 12.4. The Morgan fingerprint density at radius 1 is 1.07 bits per heavy atom. The summed E-state index contributed by atoms with van der Waals surface area (Å²) in [4.78, 5) is 39.5. The molecule has 1 heterocycles. The van der Waals surface area contributed by atoms with Crippen molar-refractivity contribution >= 4 is 50.2 Å². The summed E-state index contributed by atoms with van der Waals surface area (Å²) < 4.78 is 5.78. The van der Waals surface area contributed by atoms with Crippen LogP contribution in [0.15, 0.2) is 53.0 Å². The molecule has 0 aliphatic heterocycles. The van der Waals surface area contributed by atoms with Gasteiger partial charge in [-0.3, -0.25) is 9.59 Å². The van der Waals surface area contributed by atoms with Crippen LogP contribution < -0.4 is 5.32 Å². The van der Waals surface area contributed by atoms with E-state index in [0.29, 0.717) is 22.1 Å². The Morgan fingerprint density at radius 3 is 2.41 bits per heavy atom. The Labute approximate surface area is 176 Å². The van der Waals surface area contributed by atoms with Crippen molar-refractivity contribution in [2.75, 3.05) is 11.9 Å². The van der Waals surface area contributed by atoms with Gasteiger partial charge in [-0.1, -0.05) is 32.0 Å². The number of carbonyl (C=O) groups is 3. The van der Waals surface area contributed by atoms with Gasteiger partial charge in [0.1, 0.15) is 5.69 Å². The molecule has 0 atom stereocenters. The number of ether oxygens (including phenoxy) is 1. The fourth-order valence-electron chi connectivity index (χ4n) is 2.86. The lowest BCUT2D eigenvalue weighted by atomic mass is 10.1. The molecule has 0 fully saturated rings. The van der Waals surface area contributed by atoms with Gasteiger partial charge in [0, 0.05) is 28.6 Å². The summed E-state index contributed by atoms with van der Waals surface area (Å²) in [5.74, 6) is -0.746. The molecular formula is C22H21BrN2O4. The van der Waals surface area contributed by atoms with Crippen LogP contribution in [0.4, 0.5) is 5.69 Å². The highest BCUT2D eigenvalue weighted by molar-refractivity contribution is 9.10. The Morgan fingerprint density at radius 2 is 1.76 bits per heavy atom. The van der Waals surface area contributed by atoms with Gasteiger partial charge in [0.15, 0.2) is 12.4 Å². The predicted molar refractivity (Wildman–Crippen MR) is 115 cm³/mol. The van der Waals surface area contributed by atoms with E-state index in [1.54, 1.807) is 24.3 Å². The molecule has 3 rings (SSSR count). The van der Waals surface area contributed by atoms with E-state index in [1.165, 1.54) is 0 Å². The number of anilines is 1. The molecule has 6 nitrogen and oxygen atoms in total. The van der Waals surface area contributed by atoms with Crippen molar-refractivity contribution in [3.63, 3.8) is 0 Å². The third-order valence-corrected chi connectivity index (χ3v) is 5.09. The van der Waals surface area contributed by atoms with Crippen LogP contribution in [-0.4, -0.2) is 29.3 Å². The molecule has 0 saturated carbocycles. The van der Waals surface area contributed by atoms with Crippen LogP contribution in [0.2, 0.25) is 0 Å². The monoisotopic (exact) mass is 456 g/mol. The quantitative estimate of drug-likeness (QED) is 0.388. The van der Waals surface area contributed by atoms with E-state index in [2.05, 4.69) is 26.2 Å². The number of Topliss-reactive ketones (excluding diaryl/α,β-unsaturated/α-hetero) is 1. The number of aromatic amines is 1. The molecule has 0 radical (unpaired) electrons. The van der Waals surface area contributed by atoms with E-state index in [4.69, 9.17) is 4.74 Å². The lowest BCUT2D eigenvalue weighted by molar-refractivity contribution is -0.116. The number of H-pyrrole nitrogens is 1. The molecule has 2 N–H and O–H groups in total. The van der Waals surface area contributed by atoms with Gasteiger partial charge < -0.3 is 15.0 Å². The van der Waals surface area contributed by atoms with Gasteiger partial charge in [0.2, 0.25) is 5.91 Å². The molecule has 1 aromatic heterocycles. The summed E-state index contributed by atoms with van der Waals surface area (Å²) in [5.41, 5.74) is 2.08. The van der Waals surface area contributed by atoms with Crippen molar-refractivity contribution in [3.8, 4) is 0 Å². The SMILES string of the molecule is CC(C)CC(=O)Nc1ccc(C(=O)COC(=O)c2[nH]c3ccccc3c2Br)cc1. The Hall–Kier alpha value is -2.93. The highest BCUT2D eigenvalue weighted by Crippen LogP contribution is 2.28. The molecule has 7 heteroatoms. The molecule has 3 aromatic rings. The minimum Gasteiger partial charge on any atom is -0.453 e. The van der Waals surface area contributed by atoms with Crippen molar-refractivity contribution in [2.45, 2.75) is 20.3 Å². The number of hydrogen-bond donors (Lipinski definition) is 2. The number of nitrogens with one attached hydrogen (secondary N) is 2. The first-order chi connectivity index (χ1) is 13.8. The number of aromatic nitrogens is 1. The first-order valence-electron chi connectivity index (χ1n) is 9.21. The fraction of sp³-hybridized carbons (Fsp3) is 0.227. The highest BCUT2D eigenvalue weighted by atomic mass is 79.9. The highest BCUT2D eigenvalue weighted by Gasteiger charge is 2.18. The number of amides is 1. The molecule has 29 heavy (non-hydrogen) atoms. The number of para-hydroxylation sites is 1. The van der Waals surface area contributed by atoms with E-state index < -0.39 is 5.97 Å². The zero-order chi connectivity index (χ0) is 21.0. The van der Waals surface area contributed by atoms with Crippen molar-refractivity contribution in [2.24, 2.45) is 5.92 Å². The summed E-state index contributed by atoms with van der Waals surface area (Å²) >= 11 is 3.40. The molecule has 150 valence electrons. The smallest absolute Gasteiger partial charge is 0.356 e. The van der Waals surface area contributed by atoms with Gasteiger partial charge in [0.05, 0.1) is 4.47 Å². The van der Waals surface area contributed by atoms with Crippen LogP contribution in [0.25, 0.3) is 10.9 Å². The van der Waals surface area contributed by atoms with Crippen LogP contribution in [0.5, 0.6) is 0 Å². The van der Waals surface area contributed by atoms with Crippen molar-refractivity contribution in [3.05, 3.63) is 64.3 Å². The number of fused-ring (bicyclic) bond motifs is 1. The van der Waals surface area contributed by atoms with Gasteiger partial charge >= 0.3 is 5.97 Å². The number of halogens is 1. The zero-order valence-electron chi connectivity index (χ0n) is 16.1. The largest absolute Gasteiger partial charge is 0.453 e. The zero-order valence-corrected chi connectivity index (χ0v) is 17.7. The third kappa shape index (κ3) is 5.12. The molecule has 2 aromatic carbocycles. The minimum atomic E-state index is -0.612. The molecule has 0 unspecified atom stereocenters. The molecule has 1 amide bonds. The van der Waals surface area contributed by atoms with Gasteiger partial charge in [-0.05, 0) is 52.2 Å². The number of hydrogen-bond acceptors (Lipinski definition) is 4. The number of benzene rings is 2. The van der Waals surface area contributed by atoms with Crippen LogP contribution in [0.3, 0.4) is 0 Å². The second-order valence-electron chi connectivity index (χ2n) is 7.08. The van der Waals surface area contributed by atoms with Gasteiger partial charge in [0.25, 0.3) is 0 Å². The van der Waals surface area contributed by atoms with Crippen molar-refractivity contribution in [1.29, 1.82) is 0 Å². The van der Waals surface area contributed by atoms with Gasteiger partial charge in [-0.2, -0.15) is 0 Å². The Balaban J connectivity index is 1.59. The standard InChI is InChI=1S/C22H21BrN2O4/c1-13(2)11-19(27)24-15-9-7-14(8-10-15)18(26)12-29-22(28)21-20(23)16-5-3-4-6-17(16)25-21/h3-10,13,25H,11-12H2,1-2H3,(H,24,27). The average Bonchev–Trinajstić information content (AvgIpc) is 3.03. The summed E-state index contributed by atoms with van der Waals surface area (Å²) in [6.07, 6.45) is 0.431. The number of carbonyl (C=O) groups excluding carboxylic acids is 3. The fourth-order valence-corrected chi connectivity index (χ4v) is 3.46. The predicted octanol–water partition coefficient (Wildman–Crippen LogP) is 4.95. The molecule has 0 spiro atoms. The van der Waals surface area contributed by atoms with E-state index >= 15 is 0 Å². The van der Waals surface area contributed by atoms with Crippen LogP contribution in [0, 0.1) is 5.92 Å². The lowest BCUT2D eigenvalue weighted by Gasteiger charge is -2.08. The molecule has 0 bridgehead atoms. The maximum atomic E-state index is 12.4. The second-order valence-corrected chi connectivity index (χ2v) is 7.88. The first kappa shape index (κ1) is 20.8. The number of ketones is 1. The minimum absolute atomic E-state index is 0.0723. The maximum Gasteiger partial charge on any atom is 0.356 e. The van der Waals surface area contributed by atoms with Crippen LogP contribution >= 0.6 is 15.9 Å². The lowest BCUT2D eigenvalue weighted by Crippen LogP contribution is -2.15. The van der Waals surface area contributed by atoms with Gasteiger partial charge in [-0.25, -0.2) is 4.79 Å². The first-order valence-corrected chi connectivity index (χ1v) is 10.0. The molecule has 0 aliphatic rings. The van der Waals surface area contributed by atoms with E-state index in [-0.39, 0.29) is 29.9 Å². The molecule has 0 saturated heterocycles. The summed E-state index contributed by atoms with van der Waals surface area (Å²) in [6.45, 7) is 3.56. The molecular weight excluding hydrogens is 436 g/mol. The Bertz CT molecular complexity index is 1050.